The molecule has 2 amide bonds. The van der Waals surface area contributed by atoms with Gasteiger partial charge in [-0.1, -0.05) is 12.1 Å². The Bertz CT molecular complexity index is 1180. The molecule has 2 unspecified atom stereocenters. The van der Waals surface area contributed by atoms with Gasteiger partial charge < -0.3 is 20.5 Å². The number of aliphatic carboxylic acids is 1. The molecule has 0 radical (unpaired) electrons. The van der Waals surface area contributed by atoms with Crippen LogP contribution in [-0.2, 0) is 32.1 Å². The molecule has 1 fully saturated rings. The van der Waals surface area contributed by atoms with Crippen molar-refractivity contribution in [2.24, 2.45) is 0 Å². The average Bonchev–Trinajstić information content (AvgIpc) is 3.11. The van der Waals surface area contributed by atoms with Crippen LogP contribution in [0.1, 0.15) is 24.7 Å². The molecule has 0 spiro atoms. The quantitative estimate of drug-likeness (QED) is 0.355. The highest BCUT2D eigenvalue weighted by Crippen LogP contribution is 2.40. The van der Waals surface area contributed by atoms with Crippen molar-refractivity contribution in [3.05, 3.63) is 58.6 Å². The maximum Gasteiger partial charge on any atom is 0.339 e. The van der Waals surface area contributed by atoms with Gasteiger partial charge in [-0.15, -0.1) is 16.4 Å². The normalized spacial score (nSPS) is 19.9. The summed E-state index contributed by atoms with van der Waals surface area (Å²) in [5.74, 6) is -2.78. The summed E-state index contributed by atoms with van der Waals surface area (Å²) >= 11 is 1.35. The van der Waals surface area contributed by atoms with Gasteiger partial charge in [0.15, 0.2) is 6.10 Å². The molecule has 0 saturated carbocycles. The SMILES string of the molecule is CCC1(C(=O)O)OC1C(=O)N[C@@H](Cc1cscn1)C(=O)NCc1cn(-c2ccc(F)cc2)nn1. The molecular formula is C21H21FN6O5S. The predicted octanol–water partition coefficient (Wildman–Crippen LogP) is 0.839. The number of amides is 2. The molecule has 3 N–H and O–H groups in total. The molecule has 0 bridgehead atoms. The number of hydrogen-bond donors (Lipinski definition) is 3. The third-order valence-electron chi connectivity index (χ3n) is 5.43. The van der Waals surface area contributed by atoms with E-state index in [-0.39, 0.29) is 25.2 Å². The fourth-order valence-corrected chi connectivity index (χ4v) is 4.00. The van der Waals surface area contributed by atoms with E-state index < -0.39 is 35.5 Å². The minimum absolute atomic E-state index is 0.0252. The van der Waals surface area contributed by atoms with Crippen molar-refractivity contribution in [2.45, 2.75) is 44.1 Å². The summed E-state index contributed by atoms with van der Waals surface area (Å²) in [5.41, 5.74) is 1.69. The maximum absolute atomic E-state index is 13.1. The highest BCUT2D eigenvalue weighted by molar-refractivity contribution is 7.07. The van der Waals surface area contributed by atoms with Crippen LogP contribution >= 0.6 is 11.3 Å². The number of benzene rings is 1. The van der Waals surface area contributed by atoms with Crippen LogP contribution in [-0.4, -0.2) is 60.6 Å². The van der Waals surface area contributed by atoms with E-state index in [1.165, 1.54) is 28.2 Å². The van der Waals surface area contributed by atoms with Crippen LogP contribution in [0.25, 0.3) is 5.69 Å². The topological polar surface area (TPSA) is 152 Å². The van der Waals surface area contributed by atoms with E-state index in [0.29, 0.717) is 17.1 Å². The zero-order valence-corrected chi connectivity index (χ0v) is 18.8. The number of carboxylic acid groups (broad SMARTS) is 1. The lowest BCUT2D eigenvalue weighted by Gasteiger charge is -2.17. The molecule has 34 heavy (non-hydrogen) atoms. The van der Waals surface area contributed by atoms with Gasteiger partial charge in [0.25, 0.3) is 5.91 Å². The number of epoxide rings is 1. The molecule has 3 atom stereocenters. The Morgan fingerprint density at radius 1 is 1.29 bits per heavy atom. The second kappa shape index (κ2) is 9.65. The fraction of sp³-hybridized carbons (Fsp3) is 0.333. The van der Waals surface area contributed by atoms with Crippen molar-refractivity contribution in [1.82, 2.24) is 30.6 Å². The lowest BCUT2D eigenvalue weighted by atomic mass is 10.0. The Balaban J connectivity index is 1.40. The number of thiazole rings is 1. The van der Waals surface area contributed by atoms with Crippen molar-refractivity contribution in [3.63, 3.8) is 0 Å². The van der Waals surface area contributed by atoms with Gasteiger partial charge >= 0.3 is 5.97 Å². The number of nitrogens with zero attached hydrogens (tertiary/aromatic N) is 4. The molecule has 3 heterocycles. The van der Waals surface area contributed by atoms with Gasteiger partial charge in [-0.2, -0.15) is 0 Å². The number of rotatable bonds is 10. The van der Waals surface area contributed by atoms with Gasteiger partial charge in [-0.25, -0.2) is 18.9 Å². The zero-order chi connectivity index (χ0) is 24.3. The van der Waals surface area contributed by atoms with E-state index >= 15 is 0 Å². The molecule has 2 aromatic heterocycles. The monoisotopic (exact) mass is 488 g/mol. The second-order valence-corrected chi connectivity index (χ2v) is 8.36. The van der Waals surface area contributed by atoms with Gasteiger partial charge in [0, 0.05) is 11.8 Å². The number of halogens is 1. The van der Waals surface area contributed by atoms with Gasteiger partial charge in [-0.3, -0.25) is 9.59 Å². The summed E-state index contributed by atoms with van der Waals surface area (Å²) < 4.78 is 19.7. The molecule has 0 aliphatic carbocycles. The third-order valence-corrected chi connectivity index (χ3v) is 6.06. The van der Waals surface area contributed by atoms with Crippen molar-refractivity contribution >= 4 is 29.1 Å². The minimum Gasteiger partial charge on any atom is -0.479 e. The van der Waals surface area contributed by atoms with Crippen molar-refractivity contribution in [2.75, 3.05) is 0 Å². The molecule has 1 aliphatic rings. The van der Waals surface area contributed by atoms with Crippen molar-refractivity contribution in [1.29, 1.82) is 0 Å². The minimum atomic E-state index is -1.56. The fourth-order valence-electron chi connectivity index (χ4n) is 3.43. The Kier molecular flexibility index (Phi) is 6.65. The maximum atomic E-state index is 13.1. The summed E-state index contributed by atoms with van der Waals surface area (Å²) in [7, 11) is 0. The van der Waals surface area contributed by atoms with Crippen molar-refractivity contribution < 1.29 is 28.6 Å². The first kappa shape index (κ1) is 23.4. The largest absolute Gasteiger partial charge is 0.479 e. The highest BCUT2D eigenvalue weighted by atomic mass is 32.1. The average molecular weight is 489 g/mol. The van der Waals surface area contributed by atoms with Gasteiger partial charge in [0.05, 0.1) is 29.6 Å². The van der Waals surface area contributed by atoms with Gasteiger partial charge in [0.1, 0.15) is 17.6 Å². The molecule has 178 valence electrons. The van der Waals surface area contributed by atoms with E-state index in [0.717, 1.165) is 0 Å². The number of aromatic nitrogens is 4. The number of nitrogens with one attached hydrogen (secondary N) is 2. The summed E-state index contributed by atoms with van der Waals surface area (Å²) in [6, 6.07) is 4.67. The van der Waals surface area contributed by atoms with Crippen molar-refractivity contribution in [3.8, 4) is 5.69 Å². The molecule has 1 aliphatic heterocycles. The standard InChI is InChI=1S/C21H21FN6O5S/c1-2-21(20(31)32)17(33-21)19(30)25-16(7-13-10-34-11-24-13)18(29)23-8-14-9-28(27-26-14)15-5-3-12(22)4-6-15/h3-6,9-11,16-17H,2,7-8H2,1H3,(H,23,29)(H,25,30)(H,31,32)/t16-,17?,21?/m0/s1. The summed E-state index contributed by atoms with van der Waals surface area (Å²) in [6.45, 7) is 1.64. The Hall–Kier alpha value is -3.71. The second-order valence-electron chi connectivity index (χ2n) is 7.64. The first-order chi connectivity index (χ1) is 16.3. The van der Waals surface area contributed by atoms with E-state index in [1.807, 2.05) is 0 Å². The molecular weight excluding hydrogens is 467 g/mol. The van der Waals surface area contributed by atoms with Crippen LogP contribution in [0.15, 0.2) is 41.4 Å². The molecule has 1 aromatic carbocycles. The van der Waals surface area contributed by atoms with Gasteiger partial charge in [0.2, 0.25) is 11.5 Å². The van der Waals surface area contributed by atoms with E-state index in [1.54, 1.807) is 36.1 Å². The van der Waals surface area contributed by atoms with Crippen LogP contribution in [0.3, 0.4) is 0 Å². The highest BCUT2D eigenvalue weighted by Gasteiger charge is 2.65. The predicted molar refractivity (Wildman–Crippen MR) is 116 cm³/mol. The first-order valence-corrected chi connectivity index (χ1v) is 11.3. The third kappa shape index (κ3) is 4.94. The molecule has 11 nitrogen and oxygen atoms in total. The van der Waals surface area contributed by atoms with E-state index in [9.17, 15) is 23.9 Å². The smallest absolute Gasteiger partial charge is 0.339 e. The molecule has 1 saturated heterocycles. The molecule has 13 heteroatoms. The summed E-state index contributed by atoms with van der Waals surface area (Å²) in [5, 5.41) is 24.3. The Morgan fingerprint density at radius 3 is 2.68 bits per heavy atom. The number of carboxylic acids is 1. The van der Waals surface area contributed by atoms with Crippen LogP contribution in [0, 0.1) is 5.82 Å². The lowest BCUT2D eigenvalue weighted by Crippen LogP contribution is -2.50. The molecule has 4 rings (SSSR count). The van der Waals surface area contributed by atoms with E-state index in [2.05, 4.69) is 25.9 Å². The Morgan fingerprint density at radius 2 is 2.06 bits per heavy atom. The number of carbonyl (C=O) groups excluding carboxylic acids is 2. The van der Waals surface area contributed by atoms with Crippen LogP contribution in [0.2, 0.25) is 0 Å². The zero-order valence-electron chi connectivity index (χ0n) is 18.0. The van der Waals surface area contributed by atoms with Crippen LogP contribution in [0.5, 0.6) is 0 Å². The number of carbonyl (C=O) groups is 3. The Labute approximate surface area is 197 Å². The van der Waals surface area contributed by atoms with Gasteiger partial charge in [-0.05, 0) is 30.7 Å². The number of ether oxygens (including phenoxy) is 1. The molecule has 3 aromatic rings. The lowest BCUT2D eigenvalue weighted by molar-refractivity contribution is -0.143. The van der Waals surface area contributed by atoms with E-state index in [4.69, 9.17) is 4.74 Å². The number of hydrogen-bond acceptors (Lipinski definition) is 8. The van der Waals surface area contributed by atoms with Crippen LogP contribution in [0.4, 0.5) is 4.39 Å². The first-order valence-electron chi connectivity index (χ1n) is 10.4. The van der Waals surface area contributed by atoms with Crippen LogP contribution < -0.4 is 10.6 Å². The summed E-state index contributed by atoms with van der Waals surface area (Å²) in [6.07, 6.45) is 0.647. The summed E-state index contributed by atoms with van der Waals surface area (Å²) in [4.78, 5) is 41.1.